The van der Waals surface area contributed by atoms with E-state index < -0.39 is 11.0 Å². The van der Waals surface area contributed by atoms with E-state index in [1.807, 2.05) is 40.7 Å². The minimum Gasteiger partial charge on any atom is -0.237 e. The molecule has 2 nitrogen and oxygen atoms in total. The molecule has 1 aliphatic rings. The fourth-order valence-electron chi connectivity index (χ4n) is 2.25. The van der Waals surface area contributed by atoms with Crippen LogP contribution >= 0.6 is 0 Å². The molecule has 0 saturated heterocycles. The number of benzene rings is 2. The molecule has 1 unspecified atom stereocenters. The summed E-state index contributed by atoms with van der Waals surface area (Å²) in [6.07, 6.45) is 0.945. The summed E-state index contributed by atoms with van der Waals surface area (Å²) < 4.78 is 14.3. The van der Waals surface area contributed by atoms with Crippen molar-refractivity contribution in [2.75, 3.05) is 6.54 Å². The van der Waals surface area contributed by atoms with Gasteiger partial charge < -0.3 is 0 Å². The summed E-state index contributed by atoms with van der Waals surface area (Å²) in [4.78, 5) is 0.977. The Bertz CT molecular complexity index is 568. The summed E-state index contributed by atoms with van der Waals surface area (Å²) in [5.41, 5.74) is 2.49. The van der Waals surface area contributed by atoms with E-state index in [1.165, 1.54) is 11.1 Å². The van der Waals surface area contributed by atoms with E-state index in [0.29, 0.717) is 0 Å². The molecule has 3 rings (SSSR count). The van der Waals surface area contributed by atoms with Crippen LogP contribution in [0, 0.1) is 0 Å². The van der Waals surface area contributed by atoms with E-state index in [0.717, 1.165) is 24.4 Å². The van der Waals surface area contributed by atoms with E-state index in [2.05, 4.69) is 18.2 Å². The molecule has 1 heterocycles. The molecule has 0 spiro atoms. The molecule has 1 atom stereocenters. The monoisotopic (exact) mass is 257 g/mol. The summed E-state index contributed by atoms with van der Waals surface area (Å²) in [5.74, 6) is 0. The second-order valence-corrected chi connectivity index (χ2v) is 5.91. The van der Waals surface area contributed by atoms with Crippen LogP contribution in [0.5, 0.6) is 0 Å². The predicted octanol–water partition coefficient (Wildman–Crippen LogP) is 2.77. The van der Waals surface area contributed by atoms with Gasteiger partial charge in [-0.2, -0.15) is 0 Å². The average molecular weight is 257 g/mol. The molecular weight excluding hydrogens is 242 g/mol. The van der Waals surface area contributed by atoms with Crippen LogP contribution in [-0.4, -0.2) is 15.1 Å². The Kier molecular flexibility index (Phi) is 3.26. The number of fused-ring (bicyclic) bond motifs is 1. The fourth-order valence-corrected chi connectivity index (χ4v) is 3.60. The van der Waals surface area contributed by atoms with Gasteiger partial charge in [-0.25, -0.2) is 8.51 Å². The molecule has 0 bridgehead atoms. The van der Waals surface area contributed by atoms with Gasteiger partial charge in [-0.05, 0) is 23.6 Å². The normalized spacial score (nSPS) is 18.8. The third-order valence-corrected chi connectivity index (χ3v) is 4.79. The Morgan fingerprint density at radius 2 is 1.72 bits per heavy atom. The Morgan fingerprint density at radius 1 is 1.00 bits per heavy atom. The van der Waals surface area contributed by atoms with E-state index in [1.54, 1.807) is 0 Å². The lowest BCUT2D eigenvalue weighted by Gasteiger charge is -2.13. The third kappa shape index (κ3) is 2.24. The van der Waals surface area contributed by atoms with Gasteiger partial charge in [0.15, 0.2) is 0 Å². The standard InChI is InChI=1S/C15H15NOS/c17-18-15-9-5-4-8-14(15)12-16(18)11-10-13-6-2-1-3-7-13/h1-9H,10-12H2. The van der Waals surface area contributed by atoms with Crippen molar-refractivity contribution in [3.63, 3.8) is 0 Å². The summed E-state index contributed by atoms with van der Waals surface area (Å²) in [6.45, 7) is 1.64. The first-order chi connectivity index (χ1) is 8.84. The third-order valence-electron chi connectivity index (χ3n) is 3.23. The van der Waals surface area contributed by atoms with Crippen LogP contribution in [-0.2, 0) is 24.0 Å². The summed E-state index contributed by atoms with van der Waals surface area (Å²) >= 11 is 0. The molecule has 18 heavy (non-hydrogen) atoms. The molecule has 2 aromatic rings. The number of hydrogen-bond donors (Lipinski definition) is 0. The van der Waals surface area contributed by atoms with Crippen LogP contribution < -0.4 is 0 Å². The molecule has 0 aliphatic carbocycles. The largest absolute Gasteiger partial charge is 0.237 e. The first kappa shape index (κ1) is 11.6. The molecule has 0 fully saturated rings. The van der Waals surface area contributed by atoms with Gasteiger partial charge in [0.1, 0.15) is 11.0 Å². The zero-order chi connectivity index (χ0) is 12.4. The van der Waals surface area contributed by atoms with Gasteiger partial charge in [-0.3, -0.25) is 0 Å². The van der Waals surface area contributed by atoms with E-state index >= 15 is 0 Å². The van der Waals surface area contributed by atoms with Crippen LogP contribution in [0.25, 0.3) is 0 Å². The van der Waals surface area contributed by atoms with Gasteiger partial charge in [-0.1, -0.05) is 48.5 Å². The lowest BCUT2D eigenvalue weighted by atomic mass is 10.1. The zero-order valence-corrected chi connectivity index (χ0v) is 10.9. The van der Waals surface area contributed by atoms with E-state index in [-0.39, 0.29) is 0 Å². The van der Waals surface area contributed by atoms with Crippen molar-refractivity contribution in [2.45, 2.75) is 17.9 Å². The second kappa shape index (κ2) is 5.04. The van der Waals surface area contributed by atoms with Crippen molar-refractivity contribution >= 4 is 11.0 Å². The maximum Gasteiger partial charge on any atom is 0.128 e. The van der Waals surface area contributed by atoms with Crippen LogP contribution in [0.2, 0.25) is 0 Å². The van der Waals surface area contributed by atoms with Gasteiger partial charge in [-0.15, -0.1) is 0 Å². The first-order valence-electron chi connectivity index (χ1n) is 6.13. The zero-order valence-electron chi connectivity index (χ0n) is 10.1. The second-order valence-electron chi connectivity index (χ2n) is 4.46. The lowest BCUT2D eigenvalue weighted by Crippen LogP contribution is -2.22. The molecular formula is C15H15NOS. The van der Waals surface area contributed by atoms with Crippen LogP contribution in [0.1, 0.15) is 11.1 Å². The van der Waals surface area contributed by atoms with E-state index in [9.17, 15) is 4.21 Å². The first-order valence-corrected chi connectivity index (χ1v) is 7.24. The Labute approximate surface area is 110 Å². The van der Waals surface area contributed by atoms with Crippen LogP contribution in [0.4, 0.5) is 0 Å². The summed E-state index contributed by atoms with van der Waals surface area (Å²) in [7, 11) is -0.976. The lowest BCUT2D eigenvalue weighted by molar-refractivity contribution is 0.460. The molecule has 0 N–H and O–H groups in total. The minimum atomic E-state index is -0.976. The van der Waals surface area contributed by atoms with Gasteiger partial charge in [0.2, 0.25) is 0 Å². The van der Waals surface area contributed by atoms with Crippen LogP contribution in [0.15, 0.2) is 59.5 Å². The van der Waals surface area contributed by atoms with Crippen molar-refractivity contribution in [1.82, 2.24) is 4.31 Å². The Balaban J connectivity index is 1.68. The predicted molar refractivity (Wildman–Crippen MR) is 73.4 cm³/mol. The van der Waals surface area contributed by atoms with Crippen molar-refractivity contribution < 1.29 is 4.21 Å². The smallest absolute Gasteiger partial charge is 0.128 e. The van der Waals surface area contributed by atoms with Crippen molar-refractivity contribution in [3.05, 3.63) is 65.7 Å². The number of nitrogens with zero attached hydrogens (tertiary/aromatic N) is 1. The van der Waals surface area contributed by atoms with Crippen molar-refractivity contribution in [3.8, 4) is 0 Å². The maximum absolute atomic E-state index is 12.3. The van der Waals surface area contributed by atoms with Crippen molar-refractivity contribution in [2.24, 2.45) is 0 Å². The summed E-state index contributed by atoms with van der Waals surface area (Å²) in [5, 5.41) is 0. The topological polar surface area (TPSA) is 20.3 Å². The van der Waals surface area contributed by atoms with Gasteiger partial charge in [0.25, 0.3) is 0 Å². The molecule has 2 aromatic carbocycles. The van der Waals surface area contributed by atoms with Crippen LogP contribution in [0.3, 0.4) is 0 Å². The molecule has 3 heteroatoms. The highest BCUT2D eigenvalue weighted by Crippen LogP contribution is 2.26. The quantitative estimate of drug-likeness (QED) is 0.828. The summed E-state index contributed by atoms with van der Waals surface area (Å²) in [6, 6.07) is 18.3. The molecule has 0 aromatic heterocycles. The number of hydrogen-bond acceptors (Lipinski definition) is 1. The average Bonchev–Trinajstić information content (AvgIpc) is 2.75. The molecule has 0 radical (unpaired) electrons. The van der Waals surface area contributed by atoms with Gasteiger partial charge in [0, 0.05) is 13.1 Å². The highest BCUT2D eigenvalue weighted by molar-refractivity contribution is 7.83. The highest BCUT2D eigenvalue weighted by atomic mass is 32.2. The molecule has 0 amide bonds. The fraction of sp³-hybridized carbons (Fsp3) is 0.200. The van der Waals surface area contributed by atoms with E-state index in [4.69, 9.17) is 0 Å². The molecule has 92 valence electrons. The maximum atomic E-state index is 12.3. The highest BCUT2D eigenvalue weighted by Gasteiger charge is 2.25. The van der Waals surface area contributed by atoms with Gasteiger partial charge in [0.05, 0.1) is 4.90 Å². The van der Waals surface area contributed by atoms with Crippen molar-refractivity contribution in [1.29, 1.82) is 0 Å². The van der Waals surface area contributed by atoms with Gasteiger partial charge >= 0.3 is 0 Å². The molecule has 0 saturated carbocycles. The Morgan fingerprint density at radius 3 is 2.50 bits per heavy atom. The Hall–Kier alpha value is -1.45. The number of rotatable bonds is 3. The SMILES string of the molecule is O=S1c2ccccc2CN1CCc1ccccc1. The minimum absolute atomic E-state index is 0.801. The molecule has 1 aliphatic heterocycles.